The van der Waals surface area contributed by atoms with Crippen molar-refractivity contribution >= 4 is 24.0 Å². The number of amides is 1. The zero-order valence-electron chi connectivity index (χ0n) is 14.7. The number of hydrogen-bond donors (Lipinski definition) is 2. The summed E-state index contributed by atoms with van der Waals surface area (Å²) in [6.45, 7) is 1.97. The van der Waals surface area contributed by atoms with Gasteiger partial charge in [-0.05, 0) is 37.6 Å². The highest BCUT2D eigenvalue weighted by molar-refractivity contribution is 5.91. The molecule has 8 nitrogen and oxygen atoms in total. The van der Waals surface area contributed by atoms with Gasteiger partial charge < -0.3 is 15.2 Å². The van der Waals surface area contributed by atoms with Gasteiger partial charge in [0.25, 0.3) is 5.89 Å². The van der Waals surface area contributed by atoms with Crippen LogP contribution in [-0.4, -0.2) is 38.9 Å². The van der Waals surface area contributed by atoms with Crippen LogP contribution < -0.4 is 10.6 Å². The molecule has 0 radical (unpaired) electrons. The molecule has 1 unspecified atom stereocenters. The highest BCUT2D eigenvalue weighted by Crippen LogP contribution is 2.20. The molecule has 0 aliphatic carbocycles. The van der Waals surface area contributed by atoms with Crippen molar-refractivity contribution < 1.29 is 9.32 Å². The third kappa shape index (κ3) is 4.72. The standard InChI is InChI=1S/C18H20N6O2.ClH/c25-17(20-13-5-2-1-3-6-13)11-16-21-18(26-23-16)15-8-10-24(22-15)14-7-4-9-19-12-14;/h1-3,5-6,8,10,14,19H,4,7,9,11-12H2,(H,20,25);1H. The van der Waals surface area contributed by atoms with E-state index >= 15 is 0 Å². The fraction of sp³-hybridized carbons (Fsp3) is 0.333. The van der Waals surface area contributed by atoms with E-state index in [0.29, 0.717) is 23.5 Å². The maximum Gasteiger partial charge on any atom is 0.278 e. The van der Waals surface area contributed by atoms with Gasteiger partial charge in [0.15, 0.2) is 11.5 Å². The maximum absolute atomic E-state index is 12.1. The first-order valence-corrected chi connectivity index (χ1v) is 8.72. The minimum Gasteiger partial charge on any atom is -0.332 e. The molecule has 3 heterocycles. The number of halogens is 1. The summed E-state index contributed by atoms with van der Waals surface area (Å²) in [6.07, 6.45) is 4.22. The van der Waals surface area contributed by atoms with Gasteiger partial charge in [0, 0.05) is 18.4 Å². The number of aromatic nitrogens is 4. The Balaban J connectivity index is 0.00000210. The normalized spacial score (nSPS) is 16.5. The first-order chi connectivity index (χ1) is 12.8. The Bertz CT molecular complexity index is 873. The van der Waals surface area contributed by atoms with Crippen molar-refractivity contribution in [2.75, 3.05) is 18.4 Å². The summed E-state index contributed by atoms with van der Waals surface area (Å²) in [5.74, 6) is 0.472. The number of para-hydroxylation sites is 1. The van der Waals surface area contributed by atoms with Crippen LogP contribution in [-0.2, 0) is 11.2 Å². The molecular weight excluding hydrogens is 368 g/mol. The van der Waals surface area contributed by atoms with Gasteiger partial charge in [-0.1, -0.05) is 23.4 Å². The molecule has 0 spiro atoms. The number of carbonyl (C=O) groups excluding carboxylic acids is 1. The quantitative estimate of drug-likeness (QED) is 0.696. The van der Waals surface area contributed by atoms with Crippen LogP contribution in [0, 0.1) is 0 Å². The summed E-state index contributed by atoms with van der Waals surface area (Å²) in [7, 11) is 0. The molecule has 2 aromatic heterocycles. The van der Waals surface area contributed by atoms with E-state index in [-0.39, 0.29) is 24.7 Å². The number of nitrogens with one attached hydrogen (secondary N) is 2. The van der Waals surface area contributed by atoms with Gasteiger partial charge >= 0.3 is 0 Å². The lowest BCUT2D eigenvalue weighted by atomic mass is 10.1. The molecule has 1 amide bonds. The van der Waals surface area contributed by atoms with E-state index in [1.54, 1.807) is 0 Å². The van der Waals surface area contributed by atoms with Crippen LogP contribution in [0.25, 0.3) is 11.6 Å². The van der Waals surface area contributed by atoms with Crippen molar-refractivity contribution in [1.29, 1.82) is 0 Å². The van der Waals surface area contributed by atoms with E-state index in [1.807, 2.05) is 47.3 Å². The van der Waals surface area contributed by atoms with Crippen molar-refractivity contribution in [3.63, 3.8) is 0 Å². The van der Waals surface area contributed by atoms with Crippen LogP contribution in [0.2, 0.25) is 0 Å². The van der Waals surface area contributed by atoms with E-state index < -0.39 is 0 Å². The Morgan fingerprint density at radius 3 is 2.93 bits per heavy atom. The number of anilines is 1. The first-order valence-electron chi connectivity index (χ1n) is 8.72. The summed E-state index contributed by atoms with van der Waals surface area (Å²) in [5.41, 5.74) is 1.36. The Morgan fingerprint density at radius 2 is 2.15 bits per heavy atom. The second-order valence-electron chi connectivity index (χ2n) is 6.29. The molecule has 1 saturated heterocycles. The van der Waals surface area contributed by atoms with Crippen LogP contribution in [0.15, 0.2) is 47.1 Å². The summed E-state index contributed by atoms with van der Waals surface area (Å²) >= 11 is 0. The predicted octanol–water partition coefficient (Wildman–Crippen LogP) is 2.46. The molecule has 1 aliphatic heterocycles. The Labute approximate surface area is 162 Å². The zero-order valence-corrected chi connectivity index (χ0v) is 15.5. The van der Waals surface area contributed by atoms with Gasteiger partial charge in [-0.3, -0.25) is 9.48 Å². The van der Waals surface area contributed by atoms with Crippen molar-refractivity contribution in [1.82, 2.24) is 25.2 Å². The molecule has 1 aromatic carbocycles. The lowest BCUT2D eigenvalue weighted by Crippen LogP contribution is -2.31. The summed E-state index contributed by atoms with van der Waals surface area (Å²) in [6, 6.07) is 11.5. The monoisotopic (exact) mass is 388 g/mol. The molecule has 4 rings (SSSR count). The van der Waals surface area contributed by atoms with Crippen molar-refractivity contribution in [3.8, 4) is 11.6 Å². The molecule has 3 aromatic rings. The smallest absolute Gasteiger partial charge is 0.278 e. The number of benzene rings is 1. The first kappa shape index (κ1) is 19.1. The van der Waals surface area contributed by atoms with Crippen molar-refractivity contribution in [2.24, 2.45) is 0 Å². The average molecular weight is 389 g/mol. The summed E-state index contributed by atoms with van der Waals surface area (Å²) in [4.78, 5) is 16.4. The van der Waals surface area contributed by atoms with Gasteiger partial charge in [0.05, 0.1) is 12.5 Å². The third-order valence-corrected chi connectivity index (χ3v) is 4.32. The number of piperidine rings is 1. The van der Waals surface area contributed by atoms with E-state index in [1.165, 1.54) is 0 Å². The molecular formula is C18H21ClN6O2. The molecule has 1 fully saturated rings. The Morgan fingerprint density at radius 1 is 1.30 bits per heavy atom. The summed E-state index contributed by atoms with van der Waals surface area (Å²) in [5, 5.41) is 14.6. The lowest BCUT2D eigenvalue weighted by molar-refractivity contribution is -0.115. The SMILES string of the molecule is Cl.O=C(Cc1noc(-c2ccn(C3CCCNC3)n2)n1)Nc1ccccc1. The summed E-state index contributed by atoms with van der Waals surface area (Å²) < 4.78 is 7.21. The van der Waals surface area contributed by atoms with Crippen molar-refractivity contribution in [3.05, 3.63) is 48.4 Å². The van der Waals surface area contributed by atoms with E-state index in [4.69, 9.17) is 4.52 Å². The minimum absolute atomic E-state index is 0. The maximum atomic E-state index is 12.1. The highest BCUT2D eigenvalue weighted by Gasteiger charge is 2.18. The van der Waals surface area contributed by atoms with Crippen molar-refractivity contribution in [2.45, 2.75) is 25.3 Å². The van der Waals surface area contributed by atoms with Crippen LogP contribution in [0.5, 0.6) is 0 Å². The molecule has 27 heavy (non-hydrogen) atoms. The van der Waals surface area contributed by atoms with Gasteiger partial charge in [0.1, 0.15) is 0 Å². The Kier molecular flexibility index (Phi) is 6.20. The topological polar surface area (TPSA) is 97.9 Å². The van der Waals surface area contributed by atoms with Gasteiger partial charge in [-0.15, -0.1) is 12.4 Å². The molecule has 142 valence electrons. The van der Waals surface area contributed by atoms with Gasteiger partial charge in [-0.25, -0.2) is 0 Å². The molecule has 1 aliphatic rings. The Hall–Kier alpha value is -2.71. The van der Waals surface area contributed by atoms with E-state index in [0.717, 1.165) is 31.6 Å². The number of hydrogen-bond acceptors (Lipinski definition) is 6. The molecule has 0 bridgehead atoms. The average Bonchev–Trinajstić information content (AvgIpc) is 3.32. The lowest BCUT2D eigenvalue weighted by Gasteiger charge is -2.22. The number of carbonyl (C=O) groups is 1. The van der Waals surface area contributed by atoms with Gasteiger partial charge in [-0.2, -0.15) is 10.1 Å². The largest absolute Gasteiger partial charge is 0.332 e. The van der Waals surface area contributed by atoms with Crippen LogP contribution >= 0.6 is 12.4 Å². The molecule has 9 heteroatoms. The van der Waals surface area contributed by atoms with E-state index in [2.05, 4.69) is 25.9 Å². The molecule has 1 atom stereocenters. The fourth-order valence-corrected chi connectivity index (χ4v) is 3.01. The second kappa shape index (κ2) is 8.79. The molecule has 0 saturated carbocycles. The van der Waals surface area contributed by atoms with E-state index in [9.17, 15) is 4.79 Å². The highest BCUT2D eigenvalue weighted by atomic mass is 35.5. The second-order valence-corrected chi connectivity index (χ2v) is 6.29. The van der Waals surface area contributed by atoms with Crippen LogP contribution in [0.4, 0.5) is 5.69 Å². The van der Waals surface area contributed by atoms with Gasteiger partial charge in [0.2, 0.25) is 5.91 Å². The molecule has 2 N–H and O–H groups in total. The third-order valence-electron chi connectivity index (χ3n) is 4.32. The zero-order chi connectivity index (χ0) is 17.8. The minimum atomic E-state index is -0.192. The fourth-order valence-electron chi connectivity index (χ4n) is 3.01. The van der Waals surface area contributed by atoms with Crippen LogP contribution in [0.1, 0.15) is 24.7 Å². The van der Waals surface area contributed by atoms with Crippen LogP contribution in [0.3, 0.4) is 0 Å². The number of nitrogens with zero attached hydrogens (tertiary/aromatic N) is 4. The number of rotatable bonds is 5. The predicted molar refractivity (Wildman–Crippen MR) is 103 cm³/mol.